The minimum Gasteiger partial charge on any atom is -0.508 e. The number of anilines is 1. The van der Waals surface area contributed by atoms with E-state index in [1.165, 1.54) is 6.42 Å². The quantitative estimate of drug-likeness (QED) is 0.803. The standard InChI is InChI=1S/C14H20N2O2/c1-10-6-11(2)9-16(8-10)14(18)15-12-4-3-5-13(17)7-12/h3-5,7,10-11,17H,6,8-9H2,1-2H3,(H,15,18). The van der Waals surface area contributed by atoms with Crippen LogP contribution in [0.2, 0.25) is 0 Å². The fraction of sp³-hybridized carbons (Fsp3) is 0.500. The molecule has 0 bridgehead atoms. The zero-order chi connectivity index (χ0) is 13.1. The molecule has 0 aromatic heterocycles. The van der Waals surface area contributed by atoms with E-state index >= 15 is 0 Å². The molecule has 2 rings (SSSR count). The second-order valence-electron chi connectivity index (χ2n) is 5.33. The molecule has 1 aromatic rings. The number of benzene rings is 1. The molecule has 4 nitrogen and oxygen atoms in total. The number of aromatic hydroxyl groups is 1. The normalized spacial score (nSPS) is 23.8. The van der Waals surface area contributed by atoms with Crippen LogP contribution in [0.25, 0.3) is 0 Å². The van der Waals surface area contributed by atoms with E-state index in [4.69, 9.17) is 0 Å². The average molecular weight is 248 g/mol. The second kappa shape index (κ2) is 5.29. The summed E-state index contributed by atoms with van der Waals surface area (Å²) < 4.78 is 0. The van der Waals surface area contributed by atoms with Gasteiger partial charge in [-0.1, -0.05) is 19.9 Å². The van der Waals surface area contributed by atoms with E-state index in [-0.39, 0.29) is 11.8 Å². The summed E-state index contributed by atoms with van der Waals surface area (Å²) in [6.45, 7) is 5.94. The molecule has 2 unspecified atom stereocenters. The van der Waals surface area contributed by atoms with Gasteiger partial charge in [-0.25, -0.2) is 4.79 Å². The summed E-state index contributed by atoms with van der Waals surface area (Å²) in [5.74, 6) is 1.25. The highest BCUT2D eigenvalue weighted by Crippen LogP contribution is 2.22. The molecule has 98 valence electrons. The van der Waals surface area contributed by atoms with Gasteiger partial charge < -0.3 is 15.3 Å². The monoisotopic (exact) mass is 248 g/mol. The number of amides is 2. The Balaban J connectivity index is 1.99. The van der Waals surface area contributed by atoms with Crippen LogP contribution >= 0.6 is 0 Å². The summed E-state index contributed by atoms with van der Waals surface area (Å²) in [4.78, 5) is 14.0. The van der Waals surface area contributed by atoms with Crippen molar-refractivity contribution in [1.29, 1.82) is 0 Å². The molecule has 0 spiro atoms. The van der Waals surface area contributed by atoms with Crippen molar-refractivity contribution >= 4 is 11.7 Å². The predicted octanol–water partition coefficient (Wildman–Crippen LogP) is 2.90. The van der Waals surface area contributed by atoms with E-state index in [1.807, 2.05) is 4.90 Å². The second-order valence-corrected chi connectivity index (χ2v) is 5.33. The first-order valence-corrected chi connectivity index (χ1v) is 6.39. The van der Waals surface area contributed by atoms with Crippen molar-refractivity contribution in [2.24, 2.45) is 11.8 Å². The molecule has 18 heavy (non-hydrogen) atoms. The Morgan fingerprint density at radius 3 is 2.61 bits per heavy atom. The van der Waals surface area contributed by atoms with Gasteiger partial charge >= 0.3 is 6.03 Å². The number of urea groups is 1. The van der Waals surface area contributed by atoms with Gasteiger partial charge in [-0.3, -0.25) is 0 Å². The van der Waals surface area contributed by atoms with Gasteiger partial charge in [0.1, 0.15) is 5.75 Å². The smallest absolute Gasteiger partial charge is 0.321 e. The van der Waals surface area contributed by atoms with Crippen LogP contribution in [0, 0.1) is 11.8 Å². The highest BCUT2D eigenvalue weighted by molar-refractivity contribution is 5.89. The Kier molecular flexibility index (Phi) is 3.75. The zero-order valence-electron chi connectivity index (χ0n) is 10.9. The third-order valence-electron chi connectivity index (χ3n) is 3.25. The van der Waals surface area contributed by atoms with Gasteiger partial charge in [-0.15, -0.1) is 0 Å². The maximum atomic E-state index is 12.1. The van der Waals surface area contributed by atoms with Crippen LogP contribution in [0.15, 0.2) is 24.3 Å². The molecule has 2 amide bonds. The van der Waals surface area contributed by atoms with Crippen LogP contribution < -0.4 is 5.32 Å². The maximum absolute atomic E-state index is 12.1. The number of nitrogens with zero attached hydrogens (tertiary/aromatic N) is 1. The third kappa shape index (κ3) is 3.15. The summed E-state index contributed by atoms with van der Waals surface area (Å²) in [6.07, 6.45) is 1.18. The summed E-state index contributed by atoms with van der Waals surface area (Å²) in [5.41, 5.74) is 0.630. The summed E-state index contributed by atoms with van der Waals surface area (Å²) in [5, 5.41) is 12.2. The number of nitrogens with one attached hydrogen (secondary N) is 1. The van der Waals surface area contributed by atoms with Crippen LogP contribution in [0.3, 0.4) is 0 Å². The van der Waals surface area contributed by atoms with Crippen molar-refractivity contribution in [3.63, 3.8) is 0 Å². The van der Waals surface area contributed by atoms with Gasteiger partial charge in [0.15, 0.2) is 0 Å². The molecule has 1 aliphatic heterocycles. The maximum Gasteiger partial charge on any atom is 0.321 e. The Bertz CT molecular complexity index is 424. The average Bonchev–Trinajstić information content (AvgIpc) is 2.27. The van der Waals surface area contributed by atoms with Crippen LogP contribution in [-0.4, -0.2) is 29.1 Å². The van der Waals surface area contributed by atoms with Crippen molar-refractivity contribution in [2.75, 3.05) is 18.4 Å². The molecule has 0 radical (unpaired) electrons. The van der Waals surface area contributed by atoms with Crippen molar-refractivity contribution in [1.82, 2.24) is 4.90 Å². The minimum atomic E-state index is -0.0843. The number of phenols is 1. The molecule has 0 saturated carbocycles. The molecule has 1 fully saturated rings. The first-order chi connectivity index (χ1) is 8.54. The van der Waals surface area contributed by atoms with Crippen molar-refractivity contribution in [3.8, 4) is 5.75 Å². The minimum absolute atomic E-state index is 0.0843. The molecule has 1 aromatic carbocycles. The van der Waals surface area contributed by atoms with E-state index in [0.717, 1.165) is 13.1 Å². The van der Waals surface area contributed by atoms with Gasteiger partial charge in [0.2, 0.25) is 0 Å². The fourth-order valence-electron chi connectivity index (χ4n) is 2.61. The summed E-state index contributed by atoms with van der Waals surface area (Å²) >= 11 is 0. The van der Waals surface area contributed by atoms with Crippen LogP contribution in [0.4, 0.5) is 10.5 Å². The highest BCUT2D eigenvalue weighted by Gasteiger charge is 2.25. The topological polar surface area (TPSA) is 52.6 Å². The highest BCUT2D eigenvalue weighted by atomic mass is 16.3. The van der Waals surface area contributed by atoms with Crippen molar-refractivity contribution in [3.05, 3.63) is 24.3 Å². The number of likely N-dealkylation sites (tertiary alicyclic amines) is 1. The van der Waals surface area contributed by atoms with E-state index in [1.54, 1.807) is 24.3 Å². The van der Waals surface area contributed by atoms with Crippen LogP contribution in [0.1, 0.15) is 20.3 Å². The predicted molar refractivity (Wildman–Crippen MR) is 71.6 cm³/mol. The zero-order valence-corrected chi connectivity index (χ0v) is 10.9. The Hall–Kier alpha value is -1.71. The first-order valence-electron chi connectivity index (χ1n) is 6.39. The molecule has 1 saturated heterocycles. The number of carbonyl (C=O) groups is 1. The van der Waals surface area contributed by atoms with E-state index in [2.05, 4.69) is 19.2 Å². The molecular weight excluding hydrogens is 228 g/mol. The number of hydrogen-bond acceptors (Lipinski definition) is 2. The number of hydrogen-bond donors (Lipinski definition) is 2. The van der Waals surface area contributed by atoms with E-state index < -0.39 is 0 Å². The van der Waals surface area contributed by atoms with E-state index in [9.17, 15) is 9.90 Å². The lowest BCUT2D eigenvalue weighted by Gasteiger charge is -2.34. The molecule has 2 N–H and O–H groups in total. The lowest BCUT2D eigenvalue weighted by Crippen LogP contribution is -2.44. The molecule has 2 atom stereocenters. The van der Waals surface area contributed by atoms with Crippen LogP contribution in [0.5, 0.6) is 5.75 Å². The molecule has 0 aliphatic carbocycles. The lowest BCUT2D eigenvalue weighted by molar-refractivity contribution is 0.156. The first kappa shape index (κ1) is 12.7. The van der Waals surface area contributed by atoms with Crippen molar-refractivity contribution < 1.29 is 9.90 Å². The van der Waals surface area contributed by atoms with Crippen molar-refractivity contribution in [2.45, 2.75) is 20.3 Å². The Morgan fingerprint density at radius 2 is 2.00 bits per heavy atom. The molecule has 1 heterocycles. The largest absolute Gasteiger partial charge is 0.508 e. The third-order valence-corrected chi connectivity index (χ3v) is 3.25. The molecule has 1 aliphatic rings. The Labute approximate surface area is 108 Å². The number of rotatable bonds is 1. The molecular formula is C14H20N2O2. The molecule has 4 heteroatoms. The lowest BCUT2D eigenvalue weighted by atomic mass is 9.92. The summed E-state index contributed by atoms with van der Waals surface area (Å²) in [7, 11) is 0. The number of phenolic OH excluding ortho intramolecular Hbond substituents is 1. The van der Waals surface area contributed by atoms with Gasteiger partial charge in [0, 0.05) is 24.8 Å². The van der Waals surface area contributed by atoms with Gasteiger partial charge in [-0.05, 0) is 30.4 Å². The van der Waals surface area contributed by atoms with E-state index in [0.29, 0.717) is 17.5 Å². The van der Waals surface area contributed by atoms with Gasteiger partial charge in [0.05, 0.1) is 0 Å². The fourth-order valence-corrected chi connectivity index (χ4v) is 2.61. The summed E-state index contributed by atoms with van der Waals surface area (Å²) in [6, 6.07) is 6.54. The SMILES string of the molecule is CC1CC(C)CN(C(=O)Nc2cccc(O)c2)C1. The Morgan fingerprint density at radius 1 is 1.33 bits per heavy atom. The van der Waals surface area contributed by atoms with Crippen LogP contribution in [-0.2, 0) is 0 Å². The number of carbonyl (C=O) groups excluding carboxylic acids is 1. The van der Waals surface area contributed by atoms with Gasteiger partial charge in [0.25, 0.3) is 0 Å². The number of piperidine rings is 1. The van der Waals surface area contributed by atoms with Gasteiger partial charge in [-0.2, -0.15) is 0 Å².